The second-order valence-electron chi connectivity index (χ2n) is 7.29. The zero-order valence-corrected chi connectivity index (χ0v) is 16.6. The Morgan fingerprint density at radius 1 is 0.926 bits per heavy atom. The molecular weight excluding hydrogens is 338 g/mol. The summed E-state index contributed by atoms with van der Waals surface area (Å²) in [5.74, 6) is -1.16. The lowest BCUT2D eigenvalue weighted by atomic mass is 10.0. The summed E-state index contributed by atoms with van der Waals surface area (Å²) in [6.45, 7) is 0.558. The third-order valence-electron chi connectivity index (χ3n) is 4.82. The fraction of sp³-hybridized carbons (Fsp3) is 0.652. The summed E-state index contributed by atoms with van der Waals surface area (Å²) in [7, 11) is 0. The highest BCUT2D eigenvalue weighted by atomic mass is 16.4. The average molecular weight is 377 g/mol. The van der Waals surface area contributed by atoms with Crippen LogP contribution in [0.5, 0.6) is 0 Å². The fourth-order valence-corrected chi connectivity index (χ4v) is 3.19. The van der Waals surface area contributed by atoms with Crippen molar-refractivity contribution in [2.75, 3.05) is 0 Å². The molecule has 2 N–H and O–H groups in total. The van der Waals surface area contributed by atoms with E-state index in [1.54, 1.807) is 0 Å². The summed E-state index contributed by atoms with van der Waals surface area (Å²) in [6, 6.07) is 8.51. The van der Waals surface area contributed by atoms with Gasteiger partial charge in [0, 0.05) is 14.2 Å². The highest BCUT2D eigenvalue weighted by Crippen LogP contribution is 2.12. The van der Waals surface area contributed by atoms with Crippen molar-refractivity contribution >= 4 is 11.9 Å². The highest BCUT2D eigenvalue weighted by Gasteiger charge is 2.19. The van der Waals surface area contributed by atoms with E-state index < -0.39 is 12.0 Å². The van der Waals surface area contributed by atoms with Gasteiger partial charge in [0.15, 0.2) is 0 Å². The Bertz CT molecular complexity index is 536. The molecule has 0 aliphatic heterocycles. The van der Waals surface area contributed by atoms with Gasteiger partial charge in [0.25, 0.3) is 0 Å². The summed E-state index contributed by atoms with van der Waals surface area (Å²) < 4.78 is 7.10. The lowest BCUT2D eigenvalue weighted by molar-refractivity contribution is -0.141. The Kier molecular flexibility index (Phi) is 12.1. The molecule has 27 heavy (non-hydrogen) atoms. The smallest absolute Gasteiger partial charge is 0.326 e. The van der Waals surface area contributed by atoms with Crippen molar-refractivity contribution in [1.29, 1.82) is 0 Å². The zero-order valence-electron chi connectivity index (χ0n) is 17.6. The zero-order chi connectivity index (χ0) is 20.5. The van der Waals surface area contributed by atoms with Crippen LogP contribution in [0.1, 0.15) is 90.9 Å². The maximum atomic E-state index is 12.0. The largest absolute Gasteiger partial charge is 0.480 e. The number of unbranched alkanes of at least 4 members (excludes halogenated alkanes) is 10. The molecule has 0 bridgehead atoms. The lowest BCUT2D eigenvalue weighted by Gasteiger charge is -2.14. The fourth-order valence-electron chi connectivity index (χ4n) is 3.19. The third-order valence-corrected chi connectivity index (χ3v) is 4.82. The van der Waals surface area contributed by atoms with Crippen LogP contribution in [0.3, 0.4) is 0 Å². The number of hydrogen-bond donors (Lipinski definition) is 2. The van der Waals surface area contributed by atoms with Gasteiger partial charge in [0.1, 0.15) is 6.04 Å². The monoisotopic (exact) mass is 376 g/mol. The van der Waals surface area contributed by atoms with Crippen LogP contribution in [0.2, 0.25) is 0 Å². The molecule has 0 aliphatic carbocycles. The molecule has 1 aromatic carbocycles. The minimum absolute atomic E-state index is 0.170. The Hall–Kier alpha value is -1.84. The summed E-state index contributed by atoms with van der Waals surface area (Å²) in [6.07, 6.45) is 13.5. The van der Waals surface area contributed by atoms with Gasteiger partial charge in [0.05, 0.1) is 0 Å². The van der Waals surface area contributed by atoms with E-state index in [-0.39, 0.29) is 5.91 Å². The second-order valence-corrected chi connectivity index (χ2v) is 7.29. The molecule has 1 amide bonds. The molecule has 0 unspecified atom stereocenters. The SMILES string of the molecule is [2H]CCCCCCCCCCCCCC(=O)N[C@@H](Cc1ccccc1)C(=O)O. The third kappa shape index (κ3) is 12.2. The van der Waals surface area contributed by atoms with E-state index in [1.165, 1.54) is 44.9 Å². The minimum Gasteiger partial charge on any atom is -0.480 e. The van der Waals surface area contributed by atoms with Gasteiger partial charge in [0.2, 0.25) is 5.91 Å². The number of benzene rings is 1. The molecule has 0 saturated carbocycles. The molecule has 0 radical (unpaired) electrons. The number of carboxylic acids is 1. The molecule has 0 aromatic heterocycles. The Labute approximate surface area is 166 Å². The van der Waals surface area contributed by atoms with Crippen LogP contribution in [-0.2, 0) is 16.0 Å². The van der Waals surface area contributed by atoms with E-state index in [9.17, 15) is 14.7 Å². The van der Waals surface area contributed by atoms with Gasteiger partial charge in [-0.05, 0) is 12.0 Å². The molecule has 4 heteroatoms. The van der Waals surface area contributed by atoms with Crippen molar-refractivity contribution in [2.24, 2.45) is 0 Å². The number of carbonyl (C=O) groups excluding carboxylic acids is 1. The van der Waals surface area contributed by atoms with Crippen LogP contribution in [0.4, 0.5) is 0 Å². The van der Waals surface area contributed by atoms with Crippen LogP contribution < -0.4 is 5.32 Å². The first-order chi connectivity index (χ1) is 13.6. The summed E-state index contributed by atoms with van der Waals surface area (Å²) in [5, 5.41) is 12.0. The van der Waals surface area contributed by atoms with Gasteiger partial charge in [-0.1, -0.05) is 101 Å². The van der Waals surface area contributed by atoms with E-state index in [4.69, 9.17) is 1.37 Å². The number of carboxylic acid groups (broad SMARTS) is 1. The van der Waals surface area contributed by atoms with Gasteiger partial charge in [-0.25, -0.2) is 4.79 Å². The number of hydrogen-bond acceptors (Lipinski definition) is 2. The van der Waals surface area contributed by atoms with Gasteiger partial charge < -0.3 is 10.4 Å². The van der Waals surface area contributed by atoms with Gasteiger partial charge in [-0.15, -0.1) is 0 Å². The van der Waals surface area contributed by atoms with Gasteiger partial charge in [-0.2, -0.15) is 0 Å². The quantitative estimate of drug-likeness (QED) is 0.374. The summed E-state index contributed by atoms with van der Waals surface area (Å²) in [4.78, 5) is 23.4. The molecule has 0 saturated heterocycles. The first-order valence-corrected chi connectivity index (χ1v) is 10.5. The van der Waals surface area contributed by atoms with E-state index in [0.29, 0.717) is 19.7 Å². The van der Waals surface area contributed by atoms with E-state index in [0.717, 1.165) is 31.2 Å². The number of rotatable bonds is 16. The summed E-state index contributed by atoms with van der Waals surface area (Å²) >= 11 is 0. The molecule has 0 spiro atoms. The van der Waals surface area contributed by atoms with Crippen molar-refractivity contribution < 1.29 is 16.1 Å². The Balaban J connectivity index is 2.04. The molecule has 1 rings (SSSR count). The van der Waals surface area contributed by atoms with Crippen molar-refractivity contribution in [2.45, 2.75) is 96.4 Å². The van der Waals surface area contributed by atoms with Crippen LogP contribution in [-0.4, -0.2) is 23.0 Å². The normalized spacial score (nSPS) is 12.4. The maximum absolute atomic E-state index is 12.0. The van der Waals surface area contributed by atoms with E-state index in [2.05, 4.69) is 5.32 Å². The Morgan fingerprint density at radius 3 is 2.04 bits per heavy atom. The molecule has 4 nitrogen and oxygen atoms in total. The first-order valence-electron chi connectivity index (χ1n) is 11.2. The van der Waals surface area contributed by atoms with E-state index in [1.807, 2.05) is 30.3 Å². The minimum atomic E-state index is -0.989. The predicted octanol–water partition coefficient (Wildman–Crippen LogP) is 5.50. The highest BCUT2D eigenvalue weighted by molar-refractivity contribution is 5.83. The lowest BCUT2D eigenvalue weighted by Crippen LogP contribution is -2.42. The Morgan fingerprint density at radius 2 is 1.48 bits per heavy atom. The number of nitrogens with one attached hydrogen (secondary N) is 1. The molecule has 1 atom stereocenters. The molecule has 152 valence electrons. The number of aliphatic carboxylic acids is 1. The molecular formula is C23H37NO3. The topological polar surface area (TPSA) is 66.4 Å². The van der Waals surface area contributed by atoms with Crippen molar-refractivity contribution in [3.63, 3.8) is 0 Å². The summed E-state index contributed by atoms with van der Waals surface area (Å²) in [5.41, 5.74) is 0.909. The van der Waals surface area contributed by atoms with Crippen molar-refractivity contribution in [1.82, 2.24) is 5.32 Å². The number of carbonyl (C=O) groups is 2. The molecule has 1 aromatic rings. The molecule has 0 aliphatic rings. The first kappa shape index (κ1) is 21.5. The van der Waals surface area contributed by atoms with Crippen LogP contribution in [0, 0.1) is 0 Å². The average Bonchev–Trinajstić information content (AvgIpc) is 2.69. The predicted molar refractivity (Wildman–Crippen MR) is 111 cm³/mol. The van der Waals surface area contributed by atoms with E-state index >= 15 is 0 Å². The van der Waals surface area contributed by atoms with Crippen LogP contribution in [0.15, 0.2) is 30.3 Å². The standard InChI is InChI=1S/C23H37NO3/c1-2-3-4-5-6-7-8-9-10-11-15-18-22(25)24-21(23(26)27)19-20-16-13-12-14-17-20/h12-14,16-17,21H,2-11,15,18-19H2,1H3,(H,24,25)(H,26,27)/t21-/m0/s1/i1D. The van der Waals surface area contributed by atoms with Gasteiger partial charge >= 0.3 is 5.97 Å². The van der Waals surface area contributed by atoms with Crippen LogP contribution in [0.25, 0.3) is 0 Å². The maximum Gasteiger partial charge on any atom is 0.326 e. The second kappa shape index (κ2) is 15.2. The van der Waals surface area contributed by atoms with Crippen molar-refractivity contribution in [3.05, 3.63) is 35.9 Å². The molecule has 0 heterocycles. The van der Waals surface area contributed by atoms with Crippen molar-refractivity contribution in [3.8, 4) is 0 Å². The number of amides is 1. The van der Waals surface area contributed by atoms with Gasteiger partial charge in [-0.3, -0.25) is 4.79 Å². The molecule has 0 fully saturated rings. The van der Waals surface area contributed by atoms with Crippen LogP contribution >= 0.6 is 0 Å².